The number of benzene rings is 2. The van der Waals surface area contributed by atoms with Crippen molar-refractivity contribution in [3.63, 3.8) is 0 Å². The van der Waals surface area contributed by atoms with E-state index in [-0.39, 0.29) is 0 Å². The second kappa shape index (κ2) is 6.65. The molecule has 0 aliphatic rings. The molecule has 0 saturated carbocycles. The summed E-state index contributed by atoms with van der Waals surface area (Å²) in [6.07, 6.45) is 0. The molecule has 18 heavy (non-hydrogen) atoms. The Morgan fingerprint density at radius 1 is 0.944 bits per heavy atom. The van der Waals surface area contributed by atoms with Gasteiger partial charge in [-0.2, -0.15) is 8.73 Å². The van der Waals surface area contributed by atoms with Crippen LogP contribution in [0.15, 0.2) is 51.2 Å². The molecule has 2 aromatic carbocycles. The minimum absolute atomic E-state index is 0.521. The van der Waals surface area contributed by atoms with Gasteiger partial charge in [0.2, 0.25) is 0 Å². The molecular weight excluding hydrogens is 402 g/mol. The Bertz CT molecular complexity index is 622. The monoisotopic (exact) mass is 408 g/mol. The molecule has 0 atom stereocenters. The smallest absolute Gasteiger partial charge is 0.0962 e. The molecule has 6 heteroatoms. The fraction of sp³-hybridized carbons (Fsp3) is 0. The molecule has 0 amide bonds. The third kappa shape index (κ3) is 4.05. The number of rotatable bonds is 2. The quantitative estimate of drug-likeness (QED) is 0.543. The van der Waals surface area contributed by atoms with E-state index in [2.05, 4.69) is 31.3 Å². The topological polar surface area (TPSA) is 24.7 Å². The van der Waals surface area contributed by atoms with Gasteiger partial charge in [0, 0.05) is 8.59 Å². The highest BCUT2D eigenvalue weighted by Gasteiger charge is 1.97. The molecule has 0 radical (unpaired) electrons. The third-order valence-corrected chi connectivity index (χ3v) is 3.85. The molecule has 0 fully saturated rings. The Morgan fingerprint density at radius 2 is 1.67 bits per heavy atom. The molecule has 0 heterocycles. The second-order valence-electron chi connectivity index (χ2n) is 3.34. The molecule has 2 nitrogen and oxygen atoms in total. The van der Waals surface area contributed by atoms with Gasteiger partial charge >= 0.3 is 0 Å². The van der Waals surface area contributed by atoms with Crippen molar-refractivity contribution < 1.29 is 0 Å². The zero-order valence-corrected chi connectivity index (χ0v) is 13.5. The lowest BCUT2D eigenvalue weighted by atomic mass is 10.3. The predicted octanol–water partition coefficient (Wildman–Crippen LogP) is 6.01. The molecule has 0 aliphatic carbocycles. The second-order valence-corrected chi connectivity index (χ2v) is 5.95. The first-order chi connectivity index (χ1) is 8.65. The van der Waals surface area contributed by atoms with Crippen molar-refractivity contribution in [2.75, 3.05) is 0 Å². The average molecular weight is 409 g/mol. The zero-order chi connectivity index (χ0) is 13.0. The largest absolute Gasteiger partial charge is 0.175 e. The Hall–Kier alpha value is -0.430. The van der Waals surface area contributed by atoms with Crippen molar-refractivity contribution >= 4 is 68.5 Å². The van der Waals surface area contributed by atoms with E-state index >= 15 is 0 Å². The summed E-state index contributed by atoms with van der Waals surface area (Å²) in [7, 11) is 0. The first-order valence-electron chi connectivity index (χ1n) is 4.94. The summed E-state index contributed by atoms with van der Waals surface area (Å²) in [6, 6.07) is 13.0. The Morgan fingerprint density at radius 3 is 2.33 bits per heavy atom. The van der Waals surface area contributed by atoms with Crippen molar-refractivity contribution in [3.05, 3.63) is 56.1 Å². The standard InChI is InChI=1S/C12H7Cl2IN2S/c13-8-1-6-12(11(14)7-8)17-18-16-10-4-2-9(15)3-5-10/h1-7H. The predicted molar refractivity (Wildman–Crippen MR) is 87.2 cm³/mol. The number of nitrogens with zero attached hydrogens (tertiary/aromatic N) is 2. The van der Waals surface area contributed by atoms with Gasteiger partial charge in [0.25, 0.3) is 0 Å². The van der Waals surface area contributed by atoms with Crippen LogP contribution < -0.4 is 0 Å². The van der Waals surface area contributed by atoms with Crippen LogP contribution in [0.3, 0.4) is 0 Å². The molecule has 2 aromatic rings. The molecule has 0 unspecified atom stereocenters. The summed E-state index contributed by atoms with van der Waals surface area (Å²) in [5.41, 5.74) is 1.54. The van der Waals surface area contributed by atoms with E-state index < -0.39 is 0 Å². The highest BCUT2D eigenvalue weighted by Crippen LogP contribution is 2.27. The van der Waals surface area contributed by atoms with Gasteiger partial charge in [-0.15, -0.1) is 0 Å². The summed E-state index contributed by atoms with van der Waals surface area (Å²) in [5.74, 6) is 0. The van der Waals surface area contributed by atoms with Gasteiger partial charge in [-0.3, -0.25) is 0 Å². The summed E-state index contributed by atoms with van der Waals surface area (Å²) in [5, 5.41) is 1.12. The van der Waals surface area contributed by atoms with Crippen molar-refractivity contribution in [2.24, 2.45) is 8.73 Å². The Balaban J connectivity index is 2.22. The van der Waals surface area contributed by atoms with Crippen LogP contribution in [0.25, 0.3) is 0 Å². The van der Waals surface area contributed by atoms with Gasteiger partial charge in [0.15, 0.2) is 0 Å². The average Bonchev–Trinajstić information content (AvgIpc) is 2.34. The van der Waals surface area contributed by atoms with Crippen LogP contribution in [0.1, 0.15) is 0 Å². The highest BCUT2D eigenvalue weighted by molar-refractivity contribution is 14.1. The molecule has 0 bridgehead atoms. The van der Waals surface area contributed by atoms with Crippen LogP contribution in [0.2, 0.25) is 10.0 Å². The van der Waals surface area contributed by atoms with Gasteiger partial charge in [-0.05, 0) is 65.1 Å². The normalized spacial score (nSPS) is 9.94. The van der Waals surface area contributed by atoms with Crippen LogP contribution in [-0.4, -0.2) is 0 Å². The maximum absolute atomic E-state index is 6.00. The van der Waals surface area contributed by atoms with E-state index in [0.717, 1.165) is 17.0 Å². The minimum atomic E-state index is 0.521. The van der Waals surface area contributed by atoms with Crippen LogP contribution >= 0.6 is 45.8 Å². The molecule has 0 saturated heterocycles. The molecular formula is C12H7Cl2IN2S. The third-order valence-electron chi connectivity index (χ3n) is 2.02. The molecule has 92 valence electrons. The van der Waals surface area contributed by atoms with Gasteiger partial charge in [-0.1, -0.05) is 23.2 Å². The van der Waals surface area contributed by atoms with Crippen LogP contribution in [0, 0.1) is 3.57 Å². The van der Waals surface area contributed by atoms with Gasteiger partial charge < -0.3 is 0 Å². The van der Waals surface area contributed by atoms with E-state index in [1.54, 1.807) is 18.2 Å². The van der Waals surface area contributed by atoms with Gasteiger partial charge in [0.1, 0.15) is 0 Å². The number of halogens is 3. The summed E-state index contributed by atoms with van der Waals surface area (Å²) in [6.45, 7) is 0. The molecule has 0 aromatic heterocycles. The molecule has 2 rings (SSSR count). The Labute approximate surface area is 132 Å². The first kappa shape index (κ1) is 14.0. The van der Waals surface area contributed by atoms with Gasteiger partial charge in [0.05, 0.1) is 27.8 Å². The molecule has 0 N–H and O–H groups in total. The SMILES string of the molecule is Clc1ccc(N=S=Nc2ccc(I)cc2)c(Cl)c1. The lowest BCUT2D eigenvalue weighted by Crippen LogP contribution is -1.68. The minimum Gasteiger partial charge on any atom is -0.175 e. The van der Waals surface area contributed by atoms with Crippen LogP contribution in [0.5, 0.6) is 0 Å². The van der Waals surface area contributed by atoms with Crippen LogP contribution in [-0.2, 0) is 11.4 Å². The summed E-state index contributed by atoms with van der Waals surface area (Å²) < 4.78 is 9.66. The number of hydrogen-bond donors (Lipinski definition) is 0. The maximum Gasteiger partial charge on any atom is 0.0962 e. The fourth-order valence-electron chi connectivity index (χ4n) is 1.17. The lowest BCUT2D eigenvalue weighted by molar-refractivity contribution is 1.53. The van der Waals surface area contributed by atoms with E-state index in [1.165, 1.54) is 3.57 Å². The molecule has 0 aliphatic heterocycles. The summed E-state index contributed by atoms with van der Waals surface area (Å²) >= 11 is 15.2. The fourth-order valence-corrected chi connectivity index (χ4v) is 2.53. The number of hydrogen-bond acceptors (Lipinski definition) is 2. The Kier molecular flexibility index (Phi) is 5.17. The van der Waals surface area contributed by atoms with E-state index in [1.807, 2.05) is 24.3 Å². The van der Waals surface area contributed by atoms with E-state index in [9.17, 15) is 0 Å². The van der Waals surface area contributed by atoms with Crippen molar-refractivity contribution in [3.8, 4) is 0 Å². The van der Waals surface area contributed by atoms with Crippen molar-refractivity contribution in [2.45, 2.75) is 0 Å². The van der Waals surface area contributed by atoms with Crippen LogP contribution in [0.4, 0.5) is 11.4 Å². The highest BCUT2D eigenvalue weighted by atomic mass is 127. The first-order valence-corrected chi connectivity index (χ1v) is 7.50. The summed E-state index contributed by atoms with van der Waals surface area (Å²) in [4.78, 5) is 0. The lowest BCUT2D eigenvalue weighted by Gasteiger charge is -1.95. The van der Waals surface area contributed by atoms with Gasteiger partial charge in [-0.25, -0.2) is 0 Å². The van der Waals surface area contributed by atoms with E-state index in [0.29, 0.717) is 15.7 Å². The maximum atomic E-state index is 6.00. The van der Waals surface area contributed by atoms with Crippen molar-refractivity contribution in [1.29, 1.82) is 0 Å². The van der Waals surface area contributed by atoms with Crippen molar-refractivity contribution in [1.82, 2.24) is 0 Å². The zero-order valence-electron chi connectivity index (χ0n) is 8.98. The molecule has 0 spiro atoms. The van der Waals surface area contributed by atoms with E-state index in [4.69, 9.17) is 23.2 Å².